The number of nitrogens with one attached hydrogen (secondary N) is 1. The van der Waals surface area contributed by atoms with Crippen LogP contribution in [-0.2, 0) is 4.79 Å². The topological polar surface area (TPSA) is 61.8 Å². The average Bonchev–Trinajstić information content (AvgIpc) is 3.35. The zero-order valence-corrected chi connectivity index (χ0v) is 17.1. The second kappa shape index (κ2) is 8.00. The molecule has 0 radical (unpaired) electrons. The van der Waals surface area contributed by atoms with Crippen molar-refractivity contribution in [2.24, 2.45) is 4.99 Å². The van der Waals surface area contributed by atoms with Crippen LogP contribution in [-0.4, -0.2) is 40.4 Å². The van der Waals surface area contributed by atoms with E-state index in [1.807, 2.05) is 5.32 Å². The monoisotopic (exact) mass is 449 g/mol. The van der Waals surface area contributed by atoms with Gasteiger partial charge in [-0.2, -0.15) is 13.2 Å². The number of hydrogen-bond acceptors (Lipinski definition) is 3. The highest BCUT2D eigenvalue weighted by atomic mass is 35.5. The Labute approximate surface area is 181 Å². The molecule has 1 aliphatic carbocycles. The molecule has 4 rings (SSSR count). The molecule has 162 valence electrons. The first-order valence-electron chi connectivity index (χ1n) is 9.87. The predicted octanol–water partition coefficient (Wildman–Crippen LogP) is 4.56. The van der Waals surface area contributed by atoms with Crippen LogP contribution < -0.4 is 5.32 Å². The number of aliphatic imine (C=N–C) groups is 1. The molecular formula is C22H19ClF3N3O2. The van der Waals surface area contributed by atoms with Crippen LogP contribution in [0.4, 0.5) is 13.2 Å². The zero-order valence-electron chi connectivity index (χ0n) is 16.3. The van der Waals surface area contributed by atoms with E-state index < -0.39 is 29.7 Å². The van der Waals surface area contributed by atoms with E-state index in [4.69, 9.17) is 11.6 Å². The van der Waals surface area contributed by atoms with Gasteiger partial charge in [0.1, 0.15) is 5.84 Å². The molecule has 1 heterocycles. The van der Waals surface area contributed by atoms with E-state index in [9.17, 15) is 22.8 Å². The fourth-order valence-electron chi connectivity index (χ4n) is 4.04. The van der Waals surface area contributed by atoms with Gasteiger partial charge in [0.05, 0.1) is 10.6 Å². The molecule has 1 aliphatic heterocycles. The Morgan fingerprint density at radius 1 is 1.06 bits per heavy atom. The van der Waals surface area contributed by atoms with E-state index in [1.165, 1.54) is 18.2 Å². The van der Waals surface area contributed by atoms with Crippen molar-refractivity contribution >= 4 is 29.3 Å². The summed E-state index contributed by atoms with van der Waals surface area (Å²) in [5.74, 6) is -2.51. The van der Waals surface area contributed by atoms with Crippen molar-refractivity contribution in [2.75, 3.05) is 0 Å². The molecular weight excluding hydrogens is 431 g/mol. The van der Waals surface area contributed by atoms with Gasteiger partial charge in [-0.25, -0.2) is 4.99 Å². The molecule has 0 spiro atoms. The van der Waals surface area contributed by atoms with Gasteiger partial charge in [-0.05, 0) is 25.0 Å². The molecule has 31 heavy (non-hydrogen) atoms. The Hall–Kier alpha value is -2.87. The van der Waals surface area contributed by atoms with Crippen LogP contribution in [0, 0.1) is 0 Å². The van der Waals surface area contributed by atoms with Crippen LogP contribution in [0.5, 0.6) is 0 Å². The van der Waals surface area contributed by atoms with E-state index in [1.54, 1.807) is 36.4 Å². The Morgan fingerprint density at radius 3 is 2.29 bits per heavy atom. The lowest BCUT2D eigenvalue weighted by Crippen LogP contribution is -2.64. The van der Waals surface area contributed by atoms with E-state index in [0.717, 1.165) is 17.7 Å². The van der Waals surface area contributed by atoms with Crippen LogP contribution >= 0.6 is 11.6 Å². The predicted molar refractivity (Wildman–Crippen MR) is 110 cm³/mol. The molecule has 0 bridgehead atoms. The molecule has 0 aromatic heterocycles. The smallest absolute Gasteiger partial charge is 0.312 e. The first-order valence-corrected chi connectivity index (χ1v) is 10.2. The normalized spacial score (nSPS) is 22.0. The molecule has 1 saturated carbocycles. The summed E-state index contributed by atoms with van der Waals surface area (Å²) in [5, 5.41) is 1.84. The number of amides is 2. The Balaban J connectivity index is 1.82. The highest BCUT2D eigenvalue weighted by Gasteiger charge is 2.68. The second-order valence-corrected chi connectivity index (χ2v) is 7.96. The van der Waals surface area contributed by atoms with Crippen LogP contribution in [0.25, 0.3) is 0 Å². The number of carbonyl (C=O) groups excluding carboxylic acids is 2. The lowest BCUT2D eigenvalue weighted by molar-refractivity contribution is -0.196. The summed E-state index contributed by atoms with van der Waals surface area (Å²) in [7, 11) is 0. The fourth-order valence-corrected chi connectivity index (χ4v) is 4.26. The molecule has 2 aliphatic rings. The maximum absolute atomic E-state index is 14.4. The second-order valence-electron chi connectivity index (χ2n) is 7.56. The van der Waals surface area contributed by atoms with Gasteiger partial charge < -0.3 is 5.32 Å². The minimum atomic E-state index is -5.16. The summed E-state index contributed by atoms with van der Waals surface area (Å²) in [6.45, 7) is 0. The molecule has 0 unspecified atom stereocenters. The van der Waals surface area contributed by atoms with Gasteiger partial charge >= 0.3 is 11.8 Å². The zero-order chi connectivity index (χ0) is 22.2. The lowest BCUT2D eigenvalue weighted by atomic mass is 10.1. The van der Waals surface area contributed by atoms with Gasteiger partial charge in [0, 0.05) is 11.6 Å². The summed E-state index contributed by atoms with van der Waals surface area (Å²) in [5.41, 5.74) is -3.21. The van der Waals surface area contributed by atoms with Crippen LogP contribution in [0.2, 0.25) is 5.02 Å². The van der Waals surface area contributed by atoms with Gasteiger partial charge in [0.25, 0.3) is 11.8 Å². The van der Waals surface area contributed by atoms with Crippen LogP contribution in [0.3, 0.4) is 0 Å². The number of nitrogens with zero attached hydrogens (tertiary/aromatic N) is 2. The molecule has 1 N–H and O–H groups in total. The first kappa shape index (κ1) is 21.4. The van der Waals surface area contributed by atoms with E-state index in [-0.39, 0.29) is 16.4 Å². The maximum atomic E-state index is 14.4. The number of hydrogen-bond donors (Lipinski definition) is 1. The van der Waals surface area contributed by atoms with Crippen LogP contribution in [0.15, 0.2) is 59.6 Å². The molecule has 0 saturated heterocycles. The van der Waals surface area contributed by atoms with Gasteiger partial charge in [0.2, 0.25) is 0 Å². The number of carbonyl (C=O) groups is 2. The molecule has 2 amide bonds. The Morgan fingerprint density at radius 2 is 1.68 bits per heavy atom. The van der Waals surface area contributed by atoms with Crippen LogP contribution in [0.1, 0.15) is 41.6 Å². The highest BCUT2D eigenvalue weighted by molar-refractivity contribution is 6.34. The summed E-state index contributed by atoms with van der Waals surface area (Å²) in [6.07, 6.45) is -2.40. The quantitative estimate of drug-likeness (QED) is 0.743. The fraction of sp³-hybridized carbons (Fsp3) is 0.318. The molecule has 5 nitrogen and oxygen atoms in total. The van der Waals surface area contributed by atoms with Crippen molar-refractivity contribution in [3.8, 4) is 0 Å². The largest absolute Gasteiger partial charge is 0.442 e. The minimum Gasteiger partial charge on any atom is -0.312 e. The Kier molecular flexibility index (Phi) is 5.51. The average molecular weight is 450 g/mol. The van der Waals surface area contributed by atoms with Crippen molar-refractivity contribution in [3.63, 3.8) is 0 Å². The number of benzene rings is 2. The Bertz CT molecular complexity index is 1040. The van der Waals surface area contributed by atoms with Crippen molar-refractivity contribution < 1.29 is 22.8 Å². The van der Waals surface area contributed by atoms with Gasteiger partial charge in [0.15, 0.2) is 0 Å². The van der Waals surface area contributed by atoms with Gasteiger partial charge in [-0.1, -0.05) is 66.9 Å². The standard InChI is InChI=1S/C22H19ClF3N3O2/c23-17-13-7-6-12-16(17)19(30)28-21(22(24,25)26)20(31)29(15-10-4-5-11-15)18(27-21)14-8-2-1-3-9-14/h1-3,6-9,12-13,15H,4-5,10-11H2,(H,28,30)/t21-/m0/s1. The molecule has 2 aromatic rings. The third-order valence-corrected chi connectivity index (χ3v) is 5.90. The van der Waals surface area contributed by atoms with E-state index in [2.05, 4.69) is 4.99 Å². The summed E-state index contributed by atoms with van der Waals surface area (Å²) in [4.78, 5) is 31.1. The SMILES string of the molecule is O=C(N[C@@]1(C(F)(F)F)N=C(c2ccccc2)N(C2CCCC2)C1=O)c1ccccc1Cl. The summed E-state index contributed by atoms with van der Waals surface area (Å²) in [6, 6.07) is 13.5. The van der Waals surface area contributed by atoms with Crippen molar-refractivity contribution in [1.29, 1.82) is 0 Å². The van der Waals surface area contributed by atoms with E-state index >= 15 is 0 Å². The van der Waals surface area contributed by atoms with Crippen molar-refractivity contribution in [3.05, 3.63) is 70.7 Å². The third-order valence-electron chi connectivity index (χ3n) is 5.58. The van der Waals surface area contributed by atoms with E-state index in [0.29, 0.717) is 18.4 Å². The maximum Gasteiger partial charge on any atom is 0.442 e. The minimum absolute atomic E-state index is 0.0253. The van der Waals surface area contributed by atoms with Crippen molar-refractivity contribution in [2.45, 2.75) is 43.6 Å². The van der Waals surface area contributed by atoms with Gasteiger partial charge in [-0.3, -0.25) is 14.5 Å². The molecule has 1 fully saturated rings. The number of amidine groups is 1. The summed E-state index contributed by atoms with van der Waals surface area (Å²) >= 11 is 5.98. The third kappa shape index (κ3) is 3.69. The van der Waals surface area contributed by atoms with Crippen molar-refractivity contribution in [1.82, 2.24) is 10.2 Å². The first-order chi connectivity index (χ1) is 14.7. The lowest BCUT2D eigenvalue weighted by Gasteiger charge is -2.31. The number of rotatable bonds is 4. The molecule has 1 atom stereocenters. The summed E-state index contributed by atoms with van der Waals surface area (Å²) < 4.78 is 43.2. The molecule has 2 aromatic carbocycles. The highest BCUT2D eigenvalue weighted by Crippen LogP contribution is 2.41. The molecule has 9 heteroatoms. The number of halogens is 4. The van der Waals surface area contributed by atoms with Gasteiger partial charge in [-0.15, -0.1) is 0 Å². The number of alkyl halides is 3.